The van der Waals surface area contributed by atoms with E-state index >= 15 is 0 Å². The molecular weight excluding hydrogens is 374 g/mol. The quantitative estimate of drug-likeness (QED) is 0.778. The van der Waals surface area contributed by atoms with E-state index in [1.807, 2.05) is 30.3 Å². The minimum Gasteiger partial charge on any atom is -0.271 e. The number of nitrogens with zero attached hydrogens (tertiary/aromatic N) is 1. The van der Waals surface area contributed by atoms with E-state index in [4.69, 9.17) is 0 Å². The summed E-state index contributed by atoms with van der Waals surface area (Å²) in [6, 6.07) is 9.54. The first kappa shape index (κ1) is 19.1. The molecule has 7 heteroatoms. The van der Waals surface area contributed by atoms with Crippen molar-refractivity contribution in [3.05, 3.63) is 35.9 Å². The first-order valence-corrected chi connectivity index (χ1v) is 12.0. The molecule has 0 N–H and O–H groups in total. The van der Waals surface area contributed by atoms with Crippen LogP contribution in [0.5, 0.6) is 0 Å². The van der Waals surface area contributed by atoms with Gasteiger partial charge in [0.25, 0.3) is 5.91 Å². The number of amides is 1. The molecule has 0 aliphatic carbocycles. The topological polar surface area (TPSA) is 54.5 Å². The van der Waals surface area contributed by atoms with Gasteiger partial charge in [0.05, 0.1) is 10.8 Å². The summed E-state index contributed by atoms with van der Waals surface area (Å²) < 4.78 is 26.0. The average Bonchev–Trinajstić information content (AvgIpc) is 2.80. The Morgan fingerprint density at radius 1 is 1.16 bits per heavy atom. The maximum Gasteiger partial charge on any atom is 0.262 e. The zero-order valence-electron chi connectivity index (χ0n) is 14.9. The van der Waals surface area contributed by atoms with Crippen molar-refractivity contribution in [1.29, 1.82) is 0 Å². The third-order valence-corrected chi connectivity index (χ3v) is 10.5. The minimum absolute atomic E-state index is 0.224. The predicted octanol–water partition coefficient (Wildman–Crippen LogP) is 3.52. The zero-order chi connectivity index (χ0) is 18.3. The van der Waals surface area contributed by atoms with Crippen molar-refractivity contribution >= 4 is 39.5 Å². The molecule has 1 aromatic carbocycles. The molecule has 1 atom stereocenters. The largest absolute Gasteiger partial charge is 0.271 e. The number of sulfonamides is 1. The fourth-order valence-corrected chi connectivity index (χ4v) is 8.21. The second kappa shape index (κ2) is 6.82. The number of benzene rings is 1. The highest BCUT2D eigenvalue weighted by atomic mass is 32.2. The van der Waals surface area contributed by atoms with Crippen LogP contribution in [0.15, 0.2) is 30.3 Å². The van der Waals surface area contributed by atoms with E-state index in [1.54, 1.807) is 44.3 Å². The normalized spacial score (nSPS) is 24.0. The molecule has 4 nitrogen and oxygen atoms in total. The lowest BCUT2D eigenvalue weighted by molar-refractivity contribution is -0.124. The van der Waals surface area contributed by atoms with Gasteiger partial charge < -0.3 is 0 Å². The fourth-order valence-electron chi connectivity index (χ4n) is 3.27. The van der Waals surface area contributed by atoms with Crippen molar-refractivity contribution in [2.75, 3.05) is 11.5 Å². The lowest BCUT2D eigenvalue weighted by Crippen LogP contribution is -2.49. The van der Waals surface area contributed by atoms with E-state index in [9.17, 15) is 13.2 Å². The molecule has 3 rings (SSSR count). The second-order valence-electron chi connectivity index (χ2n) is 7.57. The molecule has 2 fully saturated rings. The number of carbonyl (C=O) groups excluding carboxylic acids is 1. The van der Waals surface area contributed by atoms with Crippen LogP contribution < -0.4 is 0 Å². The van der Waals surface area contributed by atoms with E-state index in [0.717, 1.165) is 23.5 Å². The van der Waals surface area contributed by atoms with Gasteiger partial charge in [0.1, 0.15) is 4.08 Å². The highest BCUT2D eigenvalue weighted by Crippen LogP contribution is 2.53. The number of rotatable bonds is 3. The van der Waals surface area contributed by atoms with Gasteiger partial charge in [-0.3, -0.25) is 4.79 Å². The molecule has 2 heterocycles. The van der Waals surface area contributed by atoms with Crippen molar-refractivity contribution in [2.45, 2.75) is 54.9 Å². The summed E-state index contributed by atoms with van der Waals surface area (Å²) in [6.07, 6.45) is 2.23. The van der Waals surface area contributed by atoms with Crippen molar-refractivity contribution in [3.8, 4) is 0 Å². The molecule has 0 radical (unpaired) electrons. The maximum absolute atomic E-state index is 13.3. The van der Waals surface area contributed by atoms with Crippen molar-refractivity contribution in [3.63, 3.8) is 0 Å². The molecule has 2 aliphatic rings. The molecule has 0 saturated carbocycles. The molecule has 1 unspecified atom stereocenters. The van der Waals surface area contributed by atoms with Crippen LogP contribution in [-0.4, -0.2) is 45.0 Å². The van der Waals surface area contributed by atoms with E-state index < -0.39 is 18.8 Å². The van der Waals surface area contributed by atoms with Crippen LogP contribution in [0, 0.1) is 0 Å². The summed E-state index contributed by atoms with van der Waals surface area (Å²) in [4.78, 5) is 13.3. The van der Waals surface area contributed by atoms with E-state index in [1.165, 1.54) is 4.31 Å². The lowest BCUT2D eigenvalue weighted by Gasteiger charge is -2.32. The second-order valence-corrected chi connectivity index (χ2v) is 13.2. The van der Waals surface area contributed by atoms with E-state index in [0.29, 0.717) is 12.8 Å². The highest BCUT2D eigenvalue weighted by Gasteiger charge is 2.58. The highest BCUT2D eigenvalue weighted by molar-refractivity contribution is 8.20. The Bertz CT molecular complexity index is 735. The Kier molecular flexibility index (Phi) is 5.21. The van der Waals surface area contributed by atoms with Gasteiger partial charge in [-0.15, -0.1) is 23.5 Å². The summed E-state index contributed by atoms with van der Waals surface area (Å²) in [7, 11) is -3.71. The molecule has 0 bridgehead atoms. The molecule has 1 spiro atoms. The molecule has 2 aliphatic heterocycles. The smallest absolute Gasteiger partial charge is 0.262 e. The summed E-state index contributed by atoms with van der Waals surface area (Å²) in [5.74, 6) is 1.61. The van der Waals surface area contributed by atoms with Gasteiger partial charge >= 0.3 is 0 Å². The van der Waals surface area contributed by atoms with Crippen LogP contribution in [0.4, 0.5) is 0 Å². The number of thioether (sulfide) groups is 2. The van der Waals surface area contributed by atoms with Gasteiger partial charge in [-0.2, -0.15) is 0 Å². The Balaban J connectivity index is 1.99. The van der Waals surface area contributed by atoms with Gasteiger partial charge in [-0.05, 0) is 50.7 Å². The van der Waals surface area contributed by atoms with Gasteiger partial charge in [0, 0.05) is 6.42 Å². The molecule has 0 aromatic heterocycles. The molecule has 138 valence electrons. The summed E-state index contributed by atoms with van der Waals surface area (Å²) in [5.41, 5.74) is 1.07. The van der Waals surface area contributed by atoms with Crippen molar-refractivity contribution in [1.82, 2.24) is 4.31 Å². The Hall–Kier alpha value is -0.660. The molecule has 1 aromatic rings. The lowest BCUT2D eigenvalue weighted by atomic mass is 10.0. The Morgan fingerprint density at radius 2 is 1.76 bits per heavy atom. The van der Waals surface area contributed by atoms with Gasteiger partial charge in [-0.1, -0.05) is 30.3 Å². The summed E-state index contributed by atoms with van der Waals surface area (Å²) >= 11 is 3.27. The Morgan fingerprint density at radius 3 is 2.32 bits per heavy atom. The molecule has 2 saturated heterocycles. The summed E-state index contributed by atoms with van der Waals surface area (Å²) in [6.45, 7) is 5.00. The van der Waals surface area contributed by atoms with E-state index in [2.05, 4.69) is 0 Å². The maximum atomic E-state index is 13.3. The Labute approximate surface area is 159 Å². The SMILES string of the molecule is CC(C)(C)S(=O)(=O)N1C(=O)C2(CC1Cc1ccccc1)SCCCS2. The number of hydrogen-bond acceptors (Lipinski definition) is 5. The average molecular weight is 400 g/mol. The molecular formula is C18H25NO3S3. The third-order valence-electron chi connectivity index (χ3n) is 4.67. The van der Waals surface area contributed by atoms with Gasteiger partial charge in [0.15, 0.2) is 0 Å². The van der Waals surface area contributed by atoms with Crippen LogP contribution in [0.2, 0.25) is 0 Å². The third kappa shape index (κ3) is 3.47. The van der Waals surface area contributed by atoms with E-state index in [-0.39, 0.29) is 11.9 Å². The van der Waals surface area contributed by atoms with Gasteiger partial charge in [-0.25, -0.2) is 12.7 Å². The van der Waals surface area contributed by atoms with Crippen LogP contribution in [-0.2, 0) is 21.2 Å². The fraction of sp³-hybridized carbons (Fsp3) is 0.611. The van der Waals surface area contributed by atoms with Crippen LogP contribution in [0.25, 0.3) is 0 Å². The zero-order valence-corrected chi connectivity index (χ0v) is 17.3. The minimum atomic E-state index is -3.71. The monoisotopic (exact) mass is 399 g/mol. The van der Waals surface area contributed by atoms with Crippen molar-refractivity contribution < 1.29 is 13.2 Å². The predicted molar refractivity (Wildman–Crippen MR) is 106 cm³/mol. The van der Waals surface area contributed by atoms with Crippen LogP contribution >= 0.6 is 23.5 Å². The summed E-state index contributed by atoms with van der Waals surface area (Å²) in [5, 5.41) is 0. The first-order chi connectivity index (χ1) is 11.7. The van der Waals surface area contributed by atoms with Crippen LogP contribution in [0.1, 0.15) is 39.2 Å². The number of hydrogen-bond donors (Lipinski definition) is 0. The molecule has 1 amide bonds. The van der Waals surface area contributed by atoms with Gasteiger partial charge in [0.2, 0.25) is 10.0 Å². The first-order valence-electron chi connectivity index (χ1n) is 8.58. The van der Waals surface area contributed by atoms with Crippen LogP contribution in [0.3, 0.4) is 0 Å². The molecule has 25 heavy (non-hydrogen) atoms. The number of carbonyl (C=O) groups is 1. The van der Waals surface area contributed by atoms with Crippen molar-refractivity contribution in [2.24, 2.45) is 0 Å². The standard InChI is InChI=1S/C18H25NO3S3/c1-17(2,3)25(21,22)19-15(12-14-8-5-4-6-9-14)13-18(16(19)20)23-10-7-11-24-18/h4-6,8-9,15H,7,10-13H2,1-3H3.